The van der Waals surface area contributed by atoms with E-state index in [1.807, 2.05) is 0 Å². The van der Waals surface area contributed by atoms with Crippen LogP contribution in [0.15, 0.2) is 63.6 Å². The molecule has 29 heavy (non-hydrogen) atoms. The number of carbonyl (C=O) groups is 1. The number of furan rings is 1. The SMILES string of the molecule is COc1ccc(Cl)cc1C(=O)Nc1cc(Cl)cc(-c2nnc(-c3ccco3)o2)c1. The first-order chi connectivity index (χ1) is 14.0. The molecule has 0 spiro atoms. The van der Waals surface area contributed by atoms with Crippen LogP contribution in [0, 0.1) is 0 Å². The van der Waals surface area contributed by atoms with Gasteiger partial charge in [-0.1, -0.05) is 23.2 Å². The van der Waals surface area contributed by atoms with E-state index in [1.165, 1.54) is 19.4 Å². The van der Waals surface area contributed by atoms with Crippen LogP contribution in [0.4, 0.5) is 5.69 Å². The molecule has 0 atom stereocenters. The monoisotopic (exact) mass is 429 g/mol. The number of carbonyl (C=O) groups excluding carboxylic acids is 1. The molecule has 2 aromatic heterocycles. The second-order valence-electron chi connectivity index (χ2n) is 5.92. The summed E-state index contributed by atoms with van der Waals surface area (Å²) in [5.74, 6) is 0.912. The minimum absolute atomic E-state index is 0.231. The molecule has 146 valence electrons. The van der Waals surface area contributed by atoms with Gasteiger partial charge in [-0.25, -0.2) is 0 Å². The number of hydrogen-bond donors (Lipinski definition) is 1. The van der Waals surface area contributed by atoms with Gasteiger partial charge < -0.3 is 18.9 Å². The van der Waals surface area contributed by atoms with E-state index in [1.54, 1.807) is 42.5 Å². The Morgan fingerprint density at radius 2 is 1.86 bits per heavy atom. The average molecular weight is 430 g/mol. The number of rotatable bonds is 5. The third kappa shape index (κ3) is 4.11. The Balaban J connectivity index is 1.62. The van der Waals surface area contributed by atoms with Crippen LogP contribution in [0.2, 0.25) is 10.0 Å². The van der Waals surface area contributed by atoms with E-state index < -0.39 is 5.91 Å². The van der Waals surface area contributed by atoms with Crippen molar-refractivity contribution in [3.05, 3.63) is 70.4 Å². The van der Waals surface area contributed by atoms with Crippen molar-refractivity contribution < 1.29 is 18.4 Å². The Hall–Kier alpha value is -3.29. The third-order valence-corrected chi connectivity index (χ3v) is 4.42. The van der Waals surface area contributed by atoms with Gasteiger partial charge in [0, 0.05) is 21.3 Å². The zero-order valence-electron chi connectivity index (χ0n) is 15.0. The summed E-state index contributed by atoms with van der Waals surface area (Å²) >= 11 is 12.2. The van der Waals surface area contributed by atoms with Crippen LogP contribution in [-0.2, 0) is 0 Å². The maximum absolute atomic E-state index is 12.7. The van der Waals surface area contributed by atoms with Gasteiger partial charge in [0.1, 0.15) is 5.75 Å². The van der Waals surface area contributed by atoms with Crippen LogP contribution >= 0.6 is 23.2 Å². The normalized spacial score (nSPS) is 10.7. The molecule has 1 amide bonds. The summed E-state index contributed by atoms with van der Waals surface area (Å²) in [4.78, 5) is 12.7. The molecule has 0 fully saturated rings. The van der Waals surface area contributed by atoms with Crippen molar-refractivity contribution in [3.8, 4) is 28.9 Å². The highest BCUT2D eigenvalue weighted by molar-refractivity contribution is 6.31. The number of ether oxygens (including phenoxy) is 1. The largest absolute Gasteiger partial charge is 0.496 e. The molecule has 0 saturated heterocycles. The maximum atomic E-state index is 12.7. The molecular formula is C20H13Cl2N3O4. The van der Waals surface area contributed by atoms with Gasteiger partial charge in [-0.3, -0.25) is 4.79 Å². The van der Waals surface area contributed by atoms with Crippen molar-refractivity contribution in [2.45, 2.75) is 0 Å². The molecule has 0 unspecified atom stereocenters. The number of anilines is 1. The Bertz CT molecular complexity index is 1170. The van der Waals surface area contributed by atoms with Gasteiger partial charge in [0.2, 0.25) is 5.89 Å². The molecule has 1 N–H and O–H groups in total. The fourth-order valence-corrected chi connectivity index (χ4v) is 3.09. The smallest absolute Gasteiger partial charge is 0.283 e. The Morgan fingerprint density at radius 1 is 1.03 bits per heavy atom. The second-order valence-corrected chi connectivity index (χ2v) is 6.79. The first kappa shape index (κ1) is 19.0. The summed E-state index contributed by atoms with van der Waals surface area (Å²) in [6, 6.07) is 13.1. The third-order valence-electron chi connectivity index (χ3n) is 3.97. The standard InChI is InChI=1S/C20H13Cl2N3O4/c1-27-16-5-4-12(21)10-15(16)18(26)23-14-8-11(7-13(22)9-14)19-24-25-20(29-19)17-3-2-6-28-17/h2-10H,1H3,(H,23,26). The molecule has 2 heterocycles. The summed E-state index contributed by atoms with van der Waals surface area (Å²) in [7, 11) is 1.48. The van der Waals surface area contributed by atoms with Crippen LogP contribution < -0.4 is 10.1 Å². The lowest BCUT2D eigenvalue weighted by Gasteiger charge is -2.10. The molecule has 0 bridgehead atoms. The van der Waals surface area contributed by atoms with Gasteiger partial charge in [0.05, 0.1) is 18.9 Å². The van der Waals surface area contributed by atoms with Crippen molar-refractivity contribution in [2.75, 3.05) is 12.4 Å². The summed E-state index contributed by atoms with van der Waals surface area (Å²) < 4.78 is 16.1. The molecular weight excluding hydrogens is 417 g/mol. The zero-order chi connectivity index (χ0) is 20.4. The van der Waals surface area contributed by atoms with Gasteiger partial charge in [-0.05, 0) is 48.5 Å². The molecule has 4 aromatic rings. The summed E-state index contributed by atoms with van der Waals surface area (Å²) in [5.41, 5.74) is 1.27. The molecule has 0 saturated carbocycles. The van der Waals surface area contributed by atoms with E-state index in [4.69, 9.17) is 36.8 Å². The molecule has 7 nitrogen and oxygen atoms in total. The highest BCUT2D eigenvalue weighted by Gasteiger charge is 2.16. The molecule has 2 aromatic carbocycles. The molecule has 0 aliphatic rings. The van der Waals surface area contributed by atoms with Crippen molar-refractivity contribution in [3.63, 3.8) is 0 Å². The van der Waals surface area contributed by atoms with Gasteiger partial charge in [0.15, 0.2) is 5.76 Å². The zero-order valence-corrected chi connectivity index (χ0v) is 16.5. The number of nitrogens with zero attached hydrogens (tertiary/aromatic N) is 2. The molecule has 0 aliphatic carbocycles. The van der Waals surface area contributed by atoms with Crippen molar-refractivity contribution >= 4 is 34.8 Å². The first-order valence-corrected chi connectivity index (χ1v) is 9.12. The van der Waals surface area contributed by atoms with Crippen LogP contribution in [0.25, 0.3) is 23.1 Å². The van der Waals surface area contributed by atoms with Crippen LogP contribution in [0.1, 0.15) is 10.4 Å². The number of aromatic nitrogens is 2. The molecule has 9 heteroatoms. The van der Waals surface area contributed by atoms with E-state index >= 15 is 0 Å². The van der Waals surface area contributed by atoms with Crippen molar-refractivity contribution in [1.82, 2.24) is 10.2 Å². The van der Waals surface area contributed by atoms with Crippen LogP contribution in [0.3, 0.4) is 0 Å². The van der Waals surface area contributed by atoms with Crippen molar-refractivity contribution in [2.24, 2.45) is 0 Å². The van der Waals surface area contributed by atoms with E-state index in [-0.39, 0.29) is 11.8 Å². The summed E-state index contributed by atoms with van der Waals surface area (Å²) in [6.45, 7) is 0. The highest BCUT2D eigenvalue weighted by Crippen LogP contribution is 2.30. The lowest BCUT2D eigenvalue weighted by atomic mass is 10.1. The average Bonchev–Trinajstić information content (AvgIpc) is 3.39. The highest BCUT2D eigenvalue weighted by atomic mass is 35.5. The molecule has 4 rings (SSSR count). The fraction of sp³-hybridized carbons (Fsp3) is 0.0500. The lowest BCUT2D eigenvalue weighted by Crippen LogP contribution is -2.13. The number of halogens is 2. The predicted molar refractivity (Wildman–Crippen MR) is 108 cm³/mol. The van der Waals surface area contributed by atoms with Gasteiger partial charge >= 0.3 is 0 Å². The number of amides is 1. The van der Waals surface area contributed by atoms with E-state index in [0.717, 1.165) is 0 Å². The minimum atomic E-state index is -0.403. The van der Waals surface area contributed by atoms with E-state index in [2.05, 4.69) is 15.5 Å². The van der Waals surface area contributed by atoms with Gasteiger partial charge in [0.25, 0.3) is 11.8 Å². The number of methoxy groups -OCH3 is 1. The quantitative estimate of drug-likeness (QED) is 0.446. The Morgan fingerprint density at radius 3 is 2.62 bits per heavy atom. The minimum Gasteiger partial charge on any atom is -0.496 e. The maximum Gasteiger partial charge on any atom is 0.283 e. The molecule has 0 aliphatic heterocycles. The summed E-state index contributed by atoms with van der Waals surface area (Å²) in [6.07, 6.45) is 1.51. The Labute approximate surface area is 175 Å². The van der Waals surface area contributed by atoms with Crippen LogP contribution in [-0.4, -0.2) is 23.2 Å². The van der Waals surface area contributed by atoms with Gasteiger partial charge in [-0.15, -0.1) is 10.2 Å². The van der Waals surface area contributed by atoms with E-state index in [0.29, 0.717) is 38.4 Å². The first-order valence-electron chi connectivity index (χ1n) is 8.37. The van der Waals surface area contributed by atoms with Gasteiger partial charge in [-0.2, -0.15) is 0 Å². The molecule has 0 radical (unpaired) electrons. The predicted octanol–water partition coefficient (Wildman–Crippen LogP) is 5.56. The number of benzene rings is 2. The topological polar surface area (TPSA) is 90.4 Å². The van der Waals surface area contributed by atoms with E-state index in [9.17, 15) is 4.79 Å². The number of hydrogen-bond acceptors (Lipinski definition) is 6. The van der Waals surface area contributed by atoms with Crippen molar-refractivity contribution in [1.29, 1.82) is 0 Å². The fourth-order valence-electron chi connectivity index (χ4n) is 2.68. The number of nitrogens with one attached hydrogen (secondary N) is 1. The lowest BCUT2D eigenvalue weighted by molar-refractivity contribution is 0.102. The Kier molecular flexibility index (Phi) is 5.24. The summed E-state index contributed by atoms with van der Waals surface area (Å²) in [5, 5.41) is 11.6. The second kappa shape index (κ2) is 7.98. The van der Waals surface area contributed by atoms with Crippen LogP contribution in [0.5, 0.6) is 5.75 Å².